The van der Waals surface area contributed by atoms with Crippen molar-refractivity contribution in [1.82, 2.24) is 0 Å². The molecular weight excluding hydrogens is 356 g/mol. The van der Waals surface area contributed by atoms with Gasteiger partial charge in [0.15, 0.2) is 0 Å². The molecule has 0 spiro atoms. The molecule has 2 aliphatic carbocycles. The molecule has 3 atom stereocenters. The van der Waals surface area contributed by atoms with Crippen LogP contribution >= 0.6 is 0 Å². The predicted octanol–water partition coefficient (Wildman–Crippen LogP) is 6.76. The molecule has 0 bridgehead atoms. The van der Waals surface area contributed by atoms with Crippen LogP contribution in [0.1, 0.15) is 79.9 Å². The number of allylic oxidation sites excluding steroid dienone is 1. The number of rotatable bonds is 4. The van der Waals surface area contributed by atoms with Crippen molar-refractivity contribution in [2.75, 3.05) is 6.61 Å². The van der Waals surface area contributed by atoms with E-state index in [0.717, 1.165) is 12.8 Å². The fourth-order valence-electron chi connectivity index (χ4n) is 5.53. The van der Waals surface area contributed by atoms with Gasteiger partial charge < -0.3 is 4.74 Å². The van der Waals surface area contributed by atoms with Crippen LogP contribution in [0.3, 0.4) is 0 Å². The molecule has 152 valence electrons. The van der Waals surface area contributed by atoms with E-state index in [0.29, 0.717) is 24.0 Å². The molecular formula is C27H32O2. The highest BCUT2D eigenvalue weighted by Crippen LogP contribution is 2.56. The van der Waals surface area contributed by atoms with Gasteiger partial charge in [-0.2, -0.15) is 0 Å². The Morgan fingerprint density at radius 3 is 2.59 bits per heavy atom. The Labute approximate surface area is 175 Å². The van der Waals surface area contributed by atoms with Crippen molar-refractivity contribution < 1.29 is 9.53 Å². The van der Waals surface area contributed by atoms with Crippen molar-refractivity contribution in [2.45, 2.75) is 58.3 Å². The molecule has 0 radical (unpaired) electrons. The summed E-state index contributed by atoms with van der Waals surface area (Å²) in [4.78, 5) is 12.5. The Balaban J connectivity index is 1.59. The molecule has 2 aromatic carbocycles. The van der Waals surface area contributed by atoms with Crippen LogP contribution in [0, 0.1) is 11.3 Å². The summed E-state index contributed by atoms with van der Waals surface area (Å²) in [5.74, 6) is 0.679. The smallest absolute Gasteiger partial charge is 0.338 e. The summed E-state index contributed by atoms with van der Waals surface area (Å²) in [5.41, 5.74) is 4.87. The second-order valence-corrected chi connectivity index (χ2v) is 9.71. The lowest BCUT2D eigenvalue weighted by Crippen LogP contribution is -2.49. The quantitative estimate of drug-likeness (QED) is 0.541. The first-order chi connectivity index (χ1) is 13.8. The van der Waals surface area contributed by atoms with Crippen LogP contribution in [0.25, 0.3) is 6.08 Å². The highest BCUT2D eigenvalue weighted by atomic mass is 16.5. The fraction of sp³-hybridized carbons (Fsp3) is 0.444. The van der Waals surface area contributed by atoms with E-state index < -0.39 is 0 Å². The van der Waals surface area contributed by atoms with Crippen LogP contribution in [-0.2, 0) is 10.2 Å². The molecule has 0 N–H and O–H groups in total. The fourth-order valence-corrected chi connectivity index (χ4v) is 5.53. The van der Waals surface area contributed by atoms with E-state index in [1.807, 2.05) is 30.3 Å². The van der Waals surface area contributed by atoms with E-state index >= 15 is 0 Å². The first-order valence-electron chi connectivity index (χ1n) is 10.9. The maximum absolute atomic E-state index is 12.5. The standard InChI is InChI=1S/C27H32O2/c1-19(2)21-11-13-23-22(17-21)12-14-24-26(3,15-8-16-27(23,24)4)18-29-25(28)20-9-6-5-7-10-20/h5-7,9-14,17,19,24H,8,15-16,18H2,1-4H3. The van der Waals surface area contributed by atoms with Crippen LogP contribution in [0.2, 0.25) is 0 Å². The Hall–Kier alpha value is -2.35. The summed E-state index contributed by atoms with van der Waals surface area (Å²) in [5, 5.41) is 0. The zero-order valence-electron chi connectivity index (χ0n) is 18.1. The van der Waals surface area contributed by atoms with Gasteiger partial charge in [0.1, 0.15) is 0 Å². The lowest BCUT2D eigenvalue weighted by atomic mass is 9.52. The summed E-state index contributed by atoms with van der Waals surface area (Å²) in [6.45, 7) is 9.66. The number of hydrogen-bond donors (Lipinski definition) is 0. The van der Waals surface area contributed by atoms with Gasteiger partial charge in [-0.05, 0) is 58.9 Å². The number of carbonyl (C=O) groups is 1. The number of esters is 1. The molecule has 4 rings (SSSR count). The molecule has 3 unspecified atom stereocenters. The molecule has 0 aliphatic heterocycles. The van der Waals surface area contributed by atoms with E-state index in [1.54, 1.807) is 0 Å². The Kier molecular flexibility index (Phi) is 5.14. The van der Waals surface area contributed by atoms with Crippen LogP contribution < -0.4 is 0 Å². The van der Waals surface area contributed by atoms with E-state index in [2.05, 4.69) is 58.0 Å². The van der Waals surface area contributed by atoms with Crippen LogP contribution in [0.5, 0.6) is 0 Å². The minimum absolute atomic E-state index is 0.0532. The highest BCUT2D eigenvalue weighted by Gasteiger charge is 2.50. The summed E-state index contributed by atoms with van der Waals surface area (Å²) in [6, 6.07) is 16.3. The van der Waals surface area contributed by atoms with Crippen LogP contribution in [0.4, 0.5) is 0 Å². The third-order valence-corrected chi connectivity index (χ3v) is 7.25. The average Bonchev–Trinajstić information content (AvgIpc) is 2.72. The normalized spacial score (nSPS) is 28.0. The third kappa shape index (κ3) is 3.54. The molecule has 2 nitrogen and oxygen atoms in total. The van der Waals surface area contributed by atoms with E-state index in [-0.39, 0.29) is 16.8 Å². The molecule has 1 fully saturated rings. The van der Waals surface area contributed by atoms with Crippen LogP contribution in [-0.4, -0.2) is 12.6 Å². The summed E-state index contributed by atoms with van der Waals surface area (Å²) < 4.78 is 5.83. The zero-order chi connectivity index (χ0) is 20.6. The summed E-state index contributed by atoms with van der Waals surface area (Å²) in [7, 11) is 0. The molecule has 1 saturated carbocycles. The third-order valence-electron chi connectivity index (χ3n) is 7.25. The monoisotopic (exact) mass is 388 g/mol. The molecule has 2 aromatic rings. The molecule has 0 amide bonds. The minimum Gasteiger partial charge on any atom is -0.461 e. The van der Waals surface area contributed by atoms with Gasteiger partial charge in [0.25, 0.3) is 0 Å². The Morgan fingerprint density at radius 2 is 1.86 bits per heavy atom. The first-order valence-corrected chi connectivity index (χ1v) is 10.9. The SMILES string of the molecule is CC(C)c1ccc2c(c1)C=CC1C(C)(COC(=O)c3ccccc3)CCCC21C. The van der Waals surface area contributed by atoms with E-state index in [9.17, 15) is 4.79 Å². The zero-order valence-corrected chi connectivity index (χ0v) is 18.1. The average molecular weight is 389 g/mol. The lowest BCUT2D eigenvalue weighted by molar-refractivity contribution is -0.00989. The summed E-state index contributed by atoms with van der Waals surface area (Å²) in [6.07, 6.45) is 8.11. The van der Waals surface area contributed by atoms with Crippen molar-refractivity contribution in [1.29, 1.82) is 0 Å². The molecule has 2 heteroatoms. The molecule has 0 aromatic heterocycles. The highest BCUT2D eigenvalue weighted by molar-refractivity contribution is 5.89. The van der Waals surface area contributed by atoms with Gasteiger partial charge in [-0.15, -0.1) is 0 Å². The Morgan fingerprint density at radius 1 is 1.10 bits per heavy atom. The van der Waals surface area contributed by atoms with Crippen molar-refractivity contribution in [3.05, 3.63) is 76.9 Å². The van der Waals surface area contributed by atoms with Gasteiger partial charge in [-0.25, -0.2) is 4.79 Å². The van der Waals surface area contributed by atoms with Gasteiger partial charge in [0.2, 0.25) is 0 Å². The predicted molar refractivity (Wildman–Crippen MR) is 119 cm³/mol. The first kappa shape index (κ1) is 19.9. The van der Waals surface area contributed by atoms with Crippen molar-refractivity contribution in [2.24, 2.45) is 11.3 Å². The number of fused-ring (bicyclic) bond motifs is 3. The largest absolute Gasteiger partial charge is 0.461 e. The van der Waals surface area contributed by atoms with E-state index in [4.69, 9.17) is 4.74 Å². The summed E-state index contributed by atoms with van der Waals surface area (Å²) >= 11 is 0. The number of benzene rings is 2. The number of carbonyl (C=O) groups excluding carboxylic acids is 1. The maximum atomic E-state index is 12.5. The second-order valence-electron chi connectivity index (χ2n) is 9.71. The molecule has 0 heterocycles. The van der Waals surface area contributed by atoms with Crippen molar-refractivity contribution >= 4 is 12.0 Å². The van der Waals surface area contributed by atoms with E-state index in [1.165, 1.54) is 23.1 Å². The molecule has 29 heavy (non-hydrogen) atoms. The van der Waals surface area contributed by atoms with Gasteiger partial charge >= 0.3 is 5.97 Å². The number of ether oxygens (including phenoxy) is 1. The maximum Gasteiger partial charge on any atom is 0.338 e. The topological polar surface area (TPSA) is 26.3 Å². The second kappa shape index (κ2) is 7.48. The van der Waals surface area contributed by atoms with Gasteiger partial charge in [0, 0.05) is 5.41 Å². The van der Waals surface area contributed by atoms with Crippen LogP contribution in [0.15, 0.2) is 54.6 Å². The molecule has 2 aliphatic rings. The molecule has 0 saturated heterocycles. The van der Waals surface area contributed by atoms with Crippen molar-refractivity contribution in [3.8, 4) is 0 Å². The van der Waals surface area contributed by atoms with Crippen molar-refractivity contribution in [3.63, 3.8) is 0 Å². The van der Waals surface area contributed by atoms with Gasteiger partial charge in [0.05, 0.1) is 12.2 Å². The van der Waals surface area contributed by atoms with Gasteiger partial charge in [-0.1, -0.05) is 82.7 Å². The minimum atomic E-state index is -0.221. The Bertz CT molecular complexity index is 927. The number of hydrogen-bond acceptors (Lipinski definition) is 2. The van der Waals surface area contributed by atoms with Gasteiger partial charge in [-0.3, -0.25) is 0 Å². The lowest BCUT2D eigenvalue weighted by Gasteiger charge is -2.53.